The van der Waals surface area contributed by atoms with E-state index in [1.54, 1.807) is 14.0 Å². The number of sulfonamides is 1. The molecule has 2 unspecified atom stereocenters. The first-order valence-electron chi connectivity index (χ1n) is 6.11. The quantitative estimate of drug-likeness (QED) is 0.806. The minimum absolute atomic E-state index is 0.0254. The first-order valence-corrected chi connectivity index (χ1v) is 7.61. The van der Waals surface area contributed by atoms with E-state index in [0.717, 1.165) is 32.4 Å². The van der Waals surface area contributed by atoms with Gasteiger partial charge in [0.2, 0.25) is 10.0 Å². The van der Waals surface area contributed by atoms with Crippen LogP contribution in [-0.4, -0.2) is 44.2 Å². The topological polar surface area (TPSA) is 73.2 Å². The molecule has 5 nitrogen and oxygen atoms in total. The highest BCUT2D eigenvalue weighted by atomic mass is 32.2. The van der Waals surface area contributed by atoms with E-state index in [9.17, 15) is 8.42 Å². The molecule has 0 spiro atoms. The van der Waals surface area contributed by atoms with Crippen LogP contribution in [0.4, 0.5) is 0 Å². The molecule has 0 radical (unpaired) electrons. The Labute approximate surface area is 104 Å². The molecule has 1 N–H and O–H groups in total. The fraction of sp³-hybridized carbons (Fsp3) is 0.909. The Morgan fingerprint density at radius 3 is 2.76 bits per heavy atom. The smallest absolute Gasteiger partial charge is 0.230 e. The van der Waals surface area contributed by atoms with Crippen molar-refractivity contribution in [2.75, 3.05) is 20.1 Å². The lowest BCUT2D eigenvalue weighted by molar-refractivity contribution is 0.339. The minimum atomic E-state index is -3.47. The lowest BCUT2D eigenvalue weighted by Crippen LogP contribution is -2.42. The Balaban J connectivity index is 2.80. The molecule has 0 saturated carbocycles. The number of hydrogen-bond acceptors (Lipinski definition) is 4. The van der Waals surface area contributed by atoms with Crippen molar-refractivity contribution in [1.29, 1.82) is 5.26 Å². The molecule has 0 amide bonds. The van der Waals surface area contributed by atoms with Crippen molar-refractivity contribution in [3.05, 3.63) is 0 Å². The molecule has 2 atom stereocenters. The van der Waals surface area contributed by atoms with Crippen molar-refractivity contribution >= 4 is 10.0 Å². The van der Waals surface area contributed by atoms with Crippen LogP contribution >= 0.6 is 0 Å². The second kappa shape index (κ2) is 6.34. The van der Waals surface area contributed by atoms with Gasteiger partial charge in [0, 0.05) is 13.1 Å². The highest BCUT2D eigenvalue weighted by molar-refractivity contribution is 7.90. The van der Waals surface area contributed by atoms with E-state index in [0.29, 0.717) is 6.42 Å². The molecule has 1 saturated heterocycles. The maximum Gasteiger partial charge on any atom is 0.230 e. The fourth-order valence-corrected chi connectivity index (χ4v) is 3.72. The van der Waals surface area contributed by atoms with E-state index in [1.807, 2.05) is 6.07 Å². The van der Waals surface area contributed by atoms with E-state index in [4.69, 9.17) is 5.26 Å². The Morgan fingerprint density at radius 1 is 1.47 bits per heavy atom. The highest BCUT2D eigenvalue weighted by Crippen LogP contribution is 2.19. The molecule has 1 aliphatic rings. The molecule has 98 valence electrons. The third-order valence-electron chi connectivity index (χ3n) is 3.34. The predicted molar refractivity (Wildman–Crippen MR) is 66.9 cm³/mol. The summed E-state index contributed by atoms with van der Waals surface area (Å²) in [6.07, 6.45) is 3.00. The summed E-state index contributed by atoms with van der Waals surface area (Å²) in [6.45, 7) is 3.52. The Bertz CT molecular complexity index is 367. The van der Waals surface area contributed by atoms with Gasteiger partial charge < -0.3 is 5.32 Å². The molecule has 17 heavy (non-hydrogen) atoms. The van der Waals surface area contributed by atoms with E-state index in [1.165, 1.54) is 4.31 Å². The van der Waals surface area contributed by atoms with Gasteiger partial charge in [-0.15, -0.1) is 0 Å². The summed E-state index contributed by atoms with van der Waals surface area (Å²) in [6, 6.07) is 1.91. The molecule has 6 heteroatoms. The summed E-state index contributed by atoms with van der Waals surface area (Å²) >= 11 is 0. The van der Waals surface area contributed by atoms with Gasteiger partial charge in [-0.2, -0.15) is 5.26 Å². The number of nitrogens with zero attached hydrogens (tertiary/aromatic N) is 2. The van der Waals surface area contributed by atoms with Crippen LogP contribution in [0.15, 0.2) is 0 Å². The Kier molecular flexibility index (Phi) is 5.37. The van der Waals surface area contributed by atoms with Crippen LogP contribution in [0.25, 0.3) is 0 Å². The van der Waals surface area contributed by atoms with Crippen LogP contribution in [0.3, 0.4) is 0 Å². The molecule has 1 heterocycles. The van der Waals surface area contributed by atoms with Gasteiger partial charge in [0.1, 0.15) is 0 Å². The molecule has 0 aromatic carbocycles. The zero-order chi connectivity index (χ0) is 12.9. The Hall–Kier alpha value is -0.640. The fourth-order valence-electron chi connectivity index (χ4n) is 2.14. The molecule has 0 bridgehead atoms. The van der Waals surface area contributed by atoms with Crippen molar-refractivity contribution < 1.29 is 8.42 Å². The van der Waals surface area contributed by atoms with Gasteiger partial charge in [-0.25, -0.2) is 12.7 Å². The maximum absolute atomic E-state index is 12.2. The SMILES string of the molecule is CCC(C#N)S(=O)(=O)N(C)C1CCCNCC1. The van der Waals surface area contributed by atoms with E-state index in [-0.39, 0.29) is 6.04 Å². The largest absolute Gasteiger partial charge is 0.317 e. The van der Waals surface area contributed by atoms with Crippen LogP contribution in [0, 0.1) is 11.3 Å². The van der Waals surface area contributed by atoms with Gasteiger partial charge in [0.05, 0.1) is 6.07 Å². The summed E-state index contributed by atoms with van der Waals surface area (Å²) in [4.78, 5) is 0. The molecule has 1 fully saturated rings. The van der Waals surface area contributed by atoms with Crippen LogP contribution in [-0.2, 0) is 10.0 Å². The van der Waals surface area contributed by atoms with Crippen LogP contribution in [0.2, 0.25) is 0 Å². The van der Waals surface area contributed by atoms with Crippen molar-refractivity contribution in [3.63, 3.8) is 0 Å². The number of nitrogens with one attached hydrogen (secondary N) is 1. The molecule has 1 aliphatic heterocycles. The number of hydrogen-bond donors (Lipinski definition) is 1. The third-order valence-corrected chi connectivity index (χ3v) is 5.59. The van der Waals surface area contributed by atoms with Crippen molar-refractivity contribution in [1.82, 2.24) is 9.62 Å². The molecule has 0 aromatic rings. The zero-order valence-electron chi connectivity index (χ0n) is 10.5. The summed E-state index contributed by atoms with van der Waals surface area (Å²) < 4.78 is 25.8. The Morgan fingerprint density at radius 2 is 2.18 bits per heavy atom. The van der Waals surface area contributed by atoms with Crippen LogP contribution in [0.5, 0.6) is 0 Å². The van der Waals surface area contributed by atoms with Crippen molar-refractivity contribution in [2.45, 2.75) is 43.9 Å². The first kappa shape index (κ1) is 14.4. The number of rotatable bonds is 4. The second-order valence-electron chi connectivity index (χ2n) is 4.42. The van der Waals surface area contributed by atoms with Gasteiger partial charge >= 0.3 is 0 Å². The second-order valence-corrected chi connectivity index (χ2v) is 6.60. The average Bonchev–Trinajstić information content (AvgIpc) is 2.57. The molecule has 0 aliphatic carbocycles. The third kappa shape index (κ3) is 3.41. The lowest BCUT2D eigenvalue weighted by atomic mass is 10.1. The molecular formula is C11H21N3O2S. The van der Waals surface area contributed by atoms with Gasteiger partial charge in [-0.3, -0.25) is 0 Å². The van der Waals surface area contributed by atoms with Crippen molar-refractivity contribution in [2.24, 2.45) is 0 Å². The lowest BCUT2D eigenvalue weighted by Gasteiger charge is -2.27. The zero-order valence-corrected chi connectivity index (χ0v) is 11.3. The van der Waals surface area contributed by atoms with Crippen LogP contribution in [0.1, 0.15) is 32.6 Å². The van der Waals surface area contributed by atoms with E-state index >= 15 is 0 Å². The van der Waals surface area contributed by atoms with Crippen molar-refractivity contribution in [3.8, 4) is 6.07 Å². The van der Waals surface area contributed by atoms with Gasteiger partial charge in [-0.05, 0) is 38.8 Å². The van der Waals surface area contributed by atoms with Crippen LogP contribution < -0.4 is 5.32 Å². The maximum atomic E-state index is 12.2. The summed E-state index contributed by atoms with van der Waals surface area (Å²) in [5.41, 5.74) is 0. The number of nitriles is 1. The summed E-state index contributed by atoms with van der Waals surface area (Å²) in [7, 11) is -1.87. The normalized spacial score (nSPS) is 24.0. The summed E-state index contributed by atoms with van der Waals surface area (Å²) in [5, 5.41) is 11.2. The van der Waals surface area contributed by atoms with E-state index < -0.39 is 15.3 Å². The van der Waals surface area contributed by atoms with Gasteiger partial charge in [0.25, 0.3) is 0 Å². The first-order chi connectivity index (χ1) is 8.04. The van der Waals surface area contributed by atoms with Gasteiger partial charge in [-0.1, -0.05) is 6.92 Å². The van der Waals surface area contributed by atoms with E-state index in [2.05, 4.69) is 5.32 Å². The highest BCUT2D eigenvalue weighted by Gasteiger charge is 2.33. The van der Waals surface area contributed by atoms with Gasteiger partial charge in [0.15, 0.2) is 5.25 Å². The molecule has 0 aromatic heterocycles. The predicted octanol–water partition coefficient (Wildman–Crippen LogP) is 0.692. The molecular weight excluding hydrogens is 238 g/mol. The summed E-state index contributed by atoms with van der Waals surface area (Å²) in [5.74, 6) is 0. The molecule has 1 rings (SSSR count). The standard InChI is InChI=1S/C11H21N3O2S/c1-3-11(9-12)17(15,16)14(2)10-5-4-7-13-8-6-10/h10-11,13H,3-8H2,1-2H3. The minimum Gasteiger partial charge on any atom is -0.317 e. The average molecular weight is 259 g/mol. The monoisotopic (exact) mass is 259 g/mol.